The van der Waals surface area contributed by atoms with Crippen molar-refractivity contribution in [2.24, 2.45) is 0 Å². The van der Waals surface area contributed by atoms with Gasteiger partial charge in [0.15, 0.2) is 0 Å². The van der Waals surface area contributed by atoms with Crippen LogP contribution in [0.25, 0.3) is 10.9 Å². The number of aromatic amines is 1. The van der Waals surface area contributed by atoms with Crippen LogP contribution in [0.15, 0.2) is 47.4 Å². The minimum absolute atomic E-state index is 0.0334. The molecule has 1 amide bonds. The van der Waals surface area contributed by atoms with Gasteiger partial charge in [0.2, 0.25) is 5.91 Å². The van der Waals surface area contributed by atoms with E-state index in [0.29, 0.717) is 61.5 Å². The van der Waals surface area contributed by atoms with Gasteiger partial charge in [0.1, 0.15) is 11.6 Å². The van der Waals surface area contributed by atoms with Gasteiger partial charge in [-0.2, -0.15) is 0 Å². The number of pyridine rings is 1. The monoisotopic (exact) mass is 435 g/mol. The molecule has 3 heterocycles. The topological polar surface area (TPSA) is 108 Å². The van der Waals surface area contributed by atoms with Gasteiger partial charge in [0, 0.05) is 45.2 Å². The van der Waals surface area contributed by atoms with Crippen molar-refractivity contribution in [1.82, 2.24) is 19.9 Å². The van der Waals surface area contributed by atoms with E-state index in [1.807, 2.05) is 11.0 Å². The molecule has 3 aromatic rings. The van der Waals surface area contributed by atoms with Crippen molar-refractivity contribution in [2.75, 3.05) is 37.7 Å². The number of anilines is 1. The standard InChI is InChI=1S/C23H25N5O4/c1-2-32-23(31)16-7-9-20(24-15-16)27-11-13-28(14-12-27)21(29)10-8-19-25-18-6-4-3-5-17(18)22(30)26-19/h3-7,9,15H,2,8,10-14H2,1H3,(H,25,26,30). The second kappa shape index (κ2) is 9.59. The largest absolute Gasteiger partial charge is 0.462 e. The van der Waals surface area contributed by atoms with Crippen molar-refractivity contribution in [2.45, 2.75) is 19.8 Å². The van der Waals surface area contributed by atoms with E-state index in [0.717, 1.165) is 5.82 Å². The van der Waals surface area contributed by atoms with Gasteiger partial charge in [-0.05, 0) is 31.2 Å². The van der Waals surface area contributed by atoms with Gasteiger partial charge in [-0.1, -0.05) is 12.1 Å². The Balaban J connectivity index is 1.30. The third kappa shape index (κ3) is 4.77. The van der Waals surface area contributed by atoms with Crippen LogP contribution in [0.3, 0.4) is 0 Å². The molecule has 4 rings (SSSR count). The summed E-state index contributed by atoms with van der Waals surface area (Å²) in [4.78, 5) is 52.1. The van der Waals surface area contributed by atoms with Crippen LogP contribution in [-0.2, 0) is 16.0 Å². The third-order valence-corrected chi connectivity index (χ3v) is 5.45. The van der Waals surface area contributed by atoms with E-state index < -0.39 is 0 Å². The molecule has 1 aliphatic heterocycles. The Bertz CT molecular complexity index is 1170. The normalized spacial score (nSPS) is 13.9. The van der Waals surface area contributed by atoms with Gasteiger partial charge >= 0.3 is 5.97 Å². The molecule has 1 aromatic carbocycles. The van der Waals surface area contributed by atoms with E-state index in [2.05, 4.69) is 19.9 Å². The van der Waals surface area contributed by atoms with Crippen LogP contribution >= 0.6 is 0 Å². The zero-order valence-corrected chi connectivity index (χ0v) is 17.9. The molecule has 1 saturated heterocycles. The smallest absolute Gasteiger partial charge is 0.339 e. The number of amides is 1. The number of H-pyrrole nitrogens is 1. The minimum Gasteiger partial charge on any atom is -0.462 e. The average Bonchev–Trinajstić information content (AvgIpc) is 2.83. The average molecular weight is 435 g/mol. The molecule has 0 atom stereocenters. The maximum absolute atomic E-state index is 12.7. The fourth-order valence-corrected chi connectivity index (χ4v) is 3.73. The molecule has 0 radical (unpaired) electrons. The molecule has 0 unspecified atom stereocenters. The number of hydrogen-bond acceptors (Lipinski definition) is 7. The highest BCUT2D eigenvalue weighted by Gasteiger charge is 2.22. The summed E-state index contributed by atoms with van der Waals surface area (Å²) in [7, 11) is 0. The molecular formula is C23H25N5O4. The molecule has 0 bridgehead atoms. The lowest BCUT2D eigenvalue weighted by Gasteiger charge is -2.35. The number of benzene rings is 1. The van der Waals surface area contributed by atoms with Crippen LogP contribution in [0.1, 0.15) is 29.5 Å². The molecule has 0 spiro atoms. The van der Waals surface area contributed by atoms with E-state index in [1.54, 1.807) is 37.3 Å². The summed E-state index contributed by atoms with van der Waals surface area (Å²) < 4.78 is 4.98. The lowest BCUT2D eigenvalue weighted by atomic mass is 10.2. The zero-order chi connectivity index (χ0) is 22.5. The van der Waals surface area contributed by atoms with Crippen molar-refractivity contribution in [3.05, 3.63) is 64.3 Å². The SMILES string of the molecule is CCOC(=O)c1ccc(N2CCN(C(=O)CCc3nc4ccccc4c(=O)[nH]3)CC2)nc1. The molecule has 1 aliphatic rings. The Labute approximate surface area is 185 Å². The second-order valence-electron chi connectivity index (χ2n) is 7.52. The summed E-state index contributed by atoms with van der Waals surface area (Å²) >= 11 is 0. The first-order chi connectivity index (χ1) is 15.5. The number of hydrogen-bond donors (Lipinski definition) is 1. The second-order valence-corrected chi connectivity index (χ2v) is 7.52. The van der Waals surface area contributed by atoms with Crippen molar-refractivity contribution < 1.29 is 14.3 Å². The molecule has 2 aromatic heterocycles. The van der Waals surface area contributed by atoms with Gasteiger partial charge in [-0.25, -0.2) is 14.8 Å². The zero-order valence-electron chi connectivity index (χ0n) is 17.9. The first kappa shape index (κ1) is 21.5. The number of nitrogens with zero attached hydrogens (tertiary/aromatic N) is 4. The number of rotatable bonds is 6. The Morgan fingerprint density at radius 1 is 1.09 bits per heavy atom. The first-order valence-corrected chi connectivity index (χ1v) is 10.7. The highest BCUT2D eigenvalue weighted by Crippen LogP contribution is 2.15. The molecular weight excluding hydrogens is 410 g/mol. The van der Waals surface area contributed by atoms with Gasteiger partial charge in [-0.15, -0.1) is 0 Å². The maximum atomic E-state index is 12.7. The highest BCUT2D eigenvalue weighted by molar-refractivity contribution is 5.89. The van der Waals surface area contributed by atoms with Crippen LogP contribution < -0.4 is 10.5 Å². The number of piperazine rings is 1. The molecule has 32 heavy (non-hydrogen) atoms. The summed E-state index contributed by atoms with van der Waals surface area (Å²) in [6, 6.07) is 10.7. The van der Waals surface area contributed by atoms with Crippen LogP contribution in [0.2, 0.25) is 0 Å². The van der Waals surface area contributed by atoms with E-state index in [1.165, 1.54) is 6.20 Å². The Kier molecular flexibility index (Phi) is 6.44. The molecule has 0 saturated carbocycles. The fourth-order valence-electron chi connectivity index (χ4n) is 3.73. The molecule has 0 aliphatic carbocycles. The minimum atomic E-state index is -0.385. The fraction of sp³-hybridized carbons (Fsp3) is 0.348. The van der Waals surface area contributed by atoms with Crippen LogP contribution in [0.4, 0.5) is 5.82 Å². The predicted octanol–water partition coefficient (Wildman–Crippen LogP) is 1.78. The number of ether oxygens (including phenoxy) is 1. The van der Waals surface area contributed by atoms with Crippen LogP contribution in [0.5, 0.6) is 0 Å². The van der Waals surface area contributed by atoms with E-state index in [4.69, 9.17) is 4.74 Å². The Morgan fingerprint density at radius 3 is 2.59 bits per heavy atom. The number of aryl methyl sites for hydroxylation is 1. The van der Waals surface area contributed by atoms with Crippen molar-refractivity contribution in [3.8, 4) is 0 Å². The number of fused-ring (bicyclic) bond motifs is 1. The predicted molar refractivity (Wildman–Crippen MR) is 120 cm³/mol. The number of carbonyl (C=O) groups excluding carboxylic acids is 2. The lowest BCUT2D eigenvalue weighted by Crippen LogP contribution is -2.49. The first-order valence-electron chi connectivity index (χ1n) is 10.7. The summed E-state index contributed by atoms with van der Waals surface area (Å²) in [5, 5.41) is 0.544. The third-order valence-electron chi connectivity index (χ3n) is 5.45. The number of esters is 1. The van der Waals surface area contributed by atoms with Crippen molar-refractivity contribution in [1.29, 1.82) is 0 Å². The molecule has 9 nitrogen and oxygen atoms in total. The summed E-state index contributed by atoms with van der Waals surface area (Å²) in [6.45, 7) is 4.57. The number of para-hydroxylation sites is 1. The quantitative estimate of drug-likeness (QED) is 0.588. The summed E-state index contributed by atoms with van der Waals surface area (Å²) in [5.74, 6) is 0.935. The highest BCUT2D eigenvalue weighted by atomic mass is 16.5. The van der Waals surface area contributed by atoms with Crippen molar-refractivity contribution in [3.63, 3.8) is 0 Å². The molecule has 166 valence electrons. The van der Waals surface area contributed by atoms with Crippen molar-refractivity contribution >= 4 is 28.6 Å². The number of nitrogens with one attached hydrogen (secondary N) is 1. The van der Waals surface area contributed by atoms with Gasteiger partial charge in [0.25, 0.3) is 5.56 Å². The van der Waals surface area contributed by atoms with Gasteiger partial charge < -0.3 is 19.5 Å². The van der Waals surface area contributed by atoms with E-state index in [-0.39, 0.29) is 23.9 Å². The van der Waals surface area contributed by atoms with Gasteiger partial charge in [-0.3, -0.25) is 9.59 Å². The maximum Gasteiger partial charge on any atom is 0.339 e. The molecule has 1 fully saturated rings. The van der Waals surface area contributed by atoms with Crippen LogP contribution in [-0.4, -0.2) is 64.5 Å². The lowest BCUT2D eigenvalue weighted by molar-refractivity contribution is -0.131. The Morgan fingerprint density at radius 2 is 1.88 bits per heavy atom. The molecule has 1 N–H and O–H groups in total. The summed E-state index contributed by atoms with van der Waals surface area (Å²) in [6.07, 6.45) is 2.19. The van der Waals surface area contributed by atoms with E-state index in [9.17, 15) is 14.4 Å². The number of carbonyl (C=O) groups is 2. The number of aromatic nitrogens is 3. The van der Waals surface area contributed by atoms with Gasteiger partial charge in [0.05, 0.1) is 23.1 Å². The van der Waals surface area contributed by atoms with E-state index >= 15 is 0 Å². The molecule has 9 heteroatoms. The Hall–Kier alpha value is -3.75. The summed E-state index contributed by atoms with van der Waals surface area (Å²) in [5.41, 5.74) is 0.867. The van der Waals surface area contributed by atoms with Crippen LogP contribution in [0, 0.1) is 0 Å².